The molecule has 1 saturated heterocycles. The Morgan fingerprint density at radius 3 is 2.81 bits per heavy atom. The number of hydrogen-bond donors (Lipinski definition) is 1. The van der Waals surface area contributed by atoms with Crippen molar-refractivity contribution in [2.45, 2.75) is 51.0 Å². The van der Waals surface area contributed by atoms with Crippen molar-refractivity contribution in [3.8, 4) is 0 Å². The molecule has 2 aromatic rings. The molecular formula is C21H26N2O3. The van der Waals surface area contributed by atoms with E-state index in [1.54, 1.807) is 6.07 Å². The minimum Gasteiger partial charge on any atom is -0.392 e. The summed E-state index contributed by atoms with van der Waals surface area (Å²) in [6.07, 6.45) is 2.72. The summed E-state index contributed by atoms with van der Waals surface area (Å²) in [6, 6.07) is 10.1. The van der Waals surface area contributed by atoms with Crippen molar-refractivity contribution in [3.05, 3.63) is 52.9 Å². The molecule has 5 nitrogen and oxygen atoms in total. The molecule has 4 rings (SSSR count). The van der Waals surface area contributed by atoms with E-state index in [1.165, 1.54) is 11.1 Å². The minimum absolute atomic E-state index is 0.0943. The molecule has 2 heterocycles. The van der Waals surface area contributed by atoms with Crippen molar-refractivity contribution in [1.29, 1.82) is 0 Å². The van der Waals surface area contributed by atoms with Crippen LogP contribution in [0.1, 0.15) is 54.1 Å². The predicted molar refractivity (Wildman–Crippen MR) is 98.0 cm³/mol. The Hall–Kier alpha value is -2.14. The molecule has 1 atom stereocenters. The standard InChI is InChI=1S/C21H26N2O3/c1-14(2)11-16-13-18(26-22-16)20(25)23-9-7-21(8-10-23)17-6-4-3-5-15(17)12-19(21)24/h3-6,13-14,19,24H,7-12H2,1-2H3/t19-/m0/s1. The lowest BCUT2D eigenvalue weighted by Gasteiger charge is -2.41. The maximum absolute atomic E-state index is 12.8. The van der Waals surface area contributed by atoms with Crippen molar-refractivity contribution < 1.29 is 14.4 Å². The number of rotatable bonds is 3. The lowest BCUT2D eigenvalue weighted by Crippen LogP contribution is -2.49. The number of hydrogen-bond acceptors (Lipinski definition) is 4. The second-order valence-electron chi connectivity index (χ2n) is 8.11. The van der Waals surface area contributed by atoms with Crippen LogP contribution in [0.4, 0.5) is 0 Å². The van der Waals surface area contributed by atoms with Crippen molar-refractivity contribution >= 4 is 5.91 Å². The predicted octanol–water partition coefficient (Wildman–Crippen LogP) is 2.96. The number of amides is 1. The highest BCUT2D eigenvalue weighted by molar-refractivity contribution is 5.91. The summed E-state index contributed by atoms with van der Waals surface area (Å²) >= 11 is 0. The molecule has 0 bridgehead atoms. The summed E-state index contributed by atoms with van der Waals surface area (Å²) < 4.78 is 5.28. The molecule has 1 aliphatic heterocycles. The lowest BCUT2D eigenvalue weighted by atomic mass is 9.72. The number of carbonyl (C=O) groups excluding carboxylic acids is 1. The number of aliphatic hydroxyl groups excluding tert-OH is 1. The van der Waals surface area contributed by atoms with Gasteiger partial charge in [0.05, 0.1) is 11.8 Å². The van der Waals surface area contributed by atoms with Crippen LogP contribution in [0, 0.1) is 5.92 Å². The smallest absolute Gasteiger partial charge is 0.292 e. The molecule has 1 aromatic carbocycles. The van der Waals surface area contributed by atoms with Crippen LogP contribution < -0.4 is 0 Å². The van der Waals surface area contributed by atoms with E-state index in [1.807, 2.05) is 17.0 Å². The molecule has 1 spiro atoms. The second kappa shape index (κ2) is 6.54. The average Bonchev–Trinajstić information content (AvgIpc) is 3.19. The van der Waals surface area contributed by atoms with Gasteiger partial charge in [0.2, 0.25) is 5.76 Å². The number of nitrogens with zero attached hydrogens (tertiary/aromatic N) is 2. The molecular weight excluding hydrogens is 328 g/mol. The topological polar surface area (TPSA) is 66.6 Å². The van der Waals surface area contributed by atoms with Gasteiger partial charge < -0.3 is 14.5 Å². The second-order valence-corrected chi connectivity index (χ2v) is 8.11. The van der Waals surface area contributed by atoms with Crippen LogP contribution in [0.2, 0.25) is 0 Å². The van der Waals surface area contributed by atoms with Gasteiger partial charge in [-0.25, -0.2) is 0 Å². The Morgan fingerprint density at radius 2 is 2.08 bits per heavy atom. The van der Waals surface area contributed by atoms with Crippen LogP contribution in [0.25, 0.3) is 0 Å². The molecule has 1 aromatic heterocycles. The number of aliphatic hydroxyl groups is 1. The maximum atomic E-state index is 12.8. The van der Waals surface area contributed by atoms with Gasteiger partial charge in [0.25, 0.3) is 5.91 Å². The molecule has 1 aliphatic carbocycles. The fraction of sp³-hybridized carbons (Fsp3) is 0.524. The van der Waals surface area contributed by atoms with Gasteiger partial charge in [0, 0.05) is 24.6 Å². The molecule has 0 radical (unpaired) electrons. The van der Waals surface area contributed by atoms with Crippen LogP contribution >= 0.6 is 0 Å². The van der Waals surface area contributed by atoms with E-state index in [0.29, 0.717) is 31.2 Å². The Balaban J connectivity index is 1.47. The number of likely N-dealkylation sites (tertiary alicyclic amines) is 1. The normalized spacial score (nSPS) is 21.4. The zero-order chi connectivity index (χ0) is 18.3. The van der Waals surface area contributed by atoms with Gasteiger partial charge in [0.15, 0.2) is 0 Å². The van der Waals surface area contributed by atoms with E-state index in [2.05, 4.69) is 31.1 Å². The molecule has 1 fully saturated rings. The van der Waals surface area contributed by atoms with Gasteiger partial charge in [-0.2, -0.15) is 0 Å². The third-order valence-electron chi connectivity index (χ3n) is 5.93. The fourth-order valence-corrected chi connectivity index (χ4v) is 4.56. The van der Waals surface area contributed by atoms with Gasteiger partial charge in [-0.05, 0) is 42.7 Å². The molecule has 1 N–H and O–H groups in total. The van der Waals surface area contributed by atoms with Gasteiger partial charge >= 0.3 is 0 Å². The van der Waals surface area contributed by atoms with Gasteiger partial charge in [-0.1, -0.05) is 43.3 Å². The number of fused-ring (bicyclic) bond motifs is 2. The molecule has 2 aliphatic rings. The van der Waals surface area contributed by atoms with Crippen LogP contribution in [-0.2, 0) is 18.3 Å². The summed E-state index contributed by atoms with van der Waals surface area (Å²) in [5, 5.41) is 14.7. The summed E-state index contributed by atoms with van der Waals surface area (Å²) in [5.74, 6) is 0.703. The first kappa shape index (κ1) is 17.3. The summed E-state index contributed by atoms with van der Waals surface area (Å²) in [7, 11) is 0. The van der Waals surface area contributed by atoms with E-state index in [-0.39, 0.29) is 17.4 Å². The Kier molecular flexibility index (Phi) is 4.35. The van der Waals surface area contributed by atoms with Crippen LogP contribution in [0.3, 0.4) is 0 Å². The highest BCUT2D eigenvalue weighted by atomic mass is 16.5. The zero-order valence-corrected chi connectivity index (χ0v) is 15.4. The highest BCUT2D eigenvalue weighted by Crippen LogP contribution is 2.46. The van der Waals surface area contributed by atoms with E-state index in [4.69, 9.17) is 4.52 Å². The van der Waals surface area contributed by atoms with Gasteiger partial charge in [-0.15, -0.1) is 0 Å². The molecule has 0 saturated carbocycles. The van der Waals surface area contributed by atoms with Crippen molar-refractivity contribution in [2.75, 3.05) is 13.1 Å². The summed E-state index contributed by atoms with van der Waals surface area (Å²) in [4.78, 5) is 14.6. The van der Waals surface area contributed by atoms with Crippen molar-refractivity contribution in [3.63, 3.8) is 0 Å². The summed E-state index contributed by atoms with van der Waals surface area (Å²) in [6.45, 7) is 5.49. The van der Waals surface area contributed by atoms with E-state index >= 15 is 0 Å². The fourth-order valence-electron chi connectivity index (χ4n) is 4.56. The Bertz CT molecular complexity index is 803. The third-order valence-corrected chi connectivity index (χ3v) is 5.93. The first-order valence-electron chi connectivity index (χ1n) is 9.51. The van der Waals surface area contributed by atoms with Crippen molar-refractivity contribution in [2.24, 2.45) is 5.92 Å². The van der Waals surface area contributed by atoms with Gasteiger partial charge in [-0.3, -0.25) is 4.79 Å². The SMILES string of the molecule is CC(C)Cc1cc(C(=O)N2CCC3(CC2)c2ccccc2C[C@@H]3O)on1. The first-order chi connectivity index (χ1) is 12.5. The van der Waals surface area contributed by atoms with Crippen molar-refractivity contribution in [1.82, 2.24) is 10.1 Å². The average molecular weight is 354 g/mol. The molecule has 1 amide bonds. The quantitative estimate of drug-likeness (QED) is 0.920. The Labute approximate surface area is 154 Å². The monoisotopic (exact) mass is 354 g/mol. The summed E-state index contributed by atoms with van der Waals surface area (Å²) in [5.41, 5.74) is 3.13. The number of piperidine rings is 1. The molecule has 138 valence electrons. The van der Waals surface area contributed by atoms with E-state index < -0.39 is 0 Å². The molecule has 26 heavy (non-hydrogen) atoms. The van der Waals surface area contributed by atoms with E-state index in [9.17, 15) is 9.90 Å². The molecule has 5 heteroatoms. The number of aromatic nitrogens is 1. The van der Waals surface area contributed by atoms with Gasteiger partial charge in [0.1, 0.15) is 0 Å². The van der Waals surface area contributed by atoms with E-state index in [0.717, 1.165) is 25.0 Å². The van der Waals surface area contributed by atoms with Crippen LogP contribution in [0.5, 0.6) is 0 Å². The lowest BCUT2D eigenvalue weighted by molar-refractivity contribution is 0.0345. The minimum atomic E-state index is -0.361. The Morgan fingerprint density at radius 1 is 1.35 bits per heavy atom. The first-order valence-corrected chi connectivity index (χ1v) is 9.51. The van der Waals surface area contributed by atoms with Crippen LogP contribution in [0.15, 0.2) is 34.9 Å². The largest absolute Gasteiger partial charge is 0.392 e. The van der Waals surface area contributed by atoms with Crippen LogP contribution in [-0.4, -0.2) is 40.3 Å². The zero-order valence-electron chi connectivity index (χ0n) is 15.4. The molecule has 0 unspecified atom stereocenters. The number of benzene rings is 1. The third kappa shape index (κ3) is 2.84. The maximum Gasteiger partial charge on any atom is 0.292 e. The number of carbonyl (C=O) groups is 1. The highest BCUT2D eigenvalue weighted by Gasteiger charge is 2.48.